The maximum absolute atomic E-state index is 13.0. The minimum atomic E-state index is -3.63. The summed E-state index contributed by atoms with van der Waals surface area (Å²) in [7, 11) is -2.00. The first-order valence-corrected chi connectivity index (χ1v) is 13.6. The number of benzene rings is 1. The van der Waals surface area contributed by atoms with E-state index in [1.54, 1.807) is 12.4 Å². The number of hydrogen-bond donors (Lipinski definition) is 0. The molecule has 0 saturated carbocycles. The van der Waals surface area contributed by atoms with Gasteiger partial charge in [0.25, 0.3) is 10.0 Å². The molecule has 2 fully saturated rings. The number of thiazole rings is 1. The Balaban J connectivity index is 1.43. The van der Waals surface area contributed by atoms with E-state index < -0.39 is 10.0 Å². The molecule has 2 aliphatic heterocycles. The number of halogens is 1. The van der Waals surface area contributed by atoms with E-state index in [0.29, 0.717) is 19.8 Å². The Morgan fingerprint density at radius 2 is 2.00 bits per heavy atom. The van der Waals surface area contributed by atoms with Crippen molar-refractivity contribution in [3.8, 4) is 0 Å². The van der Waals surface area contributed by atoms with Gasteiger partial charge in [-0.3, -0.25) is 0 Å². The SMILES string of the molecule is CN(C1CCCN(c2nc(Cl)nc3cc(N4CCOCC4)ccc23)C1)S(=O)(=O)c1nccs1. The minimum Gasteiger partial charge on any atom is -0.378 e. The highest BCUT2D eigenvalue weighted by Crippen LogP contribution is 2.32. The van der Waals surface area contributed by atoms with Crippen LogP contribution in [0.3, 0.4) is 0 Å². The van der Waals surface area contributed by atoms with E-state index in [2.05, 4.69) is 30.8 Å². The number of morpholine rings is 1. The first kappa shape index (κ1) is 22.7. The Labute approximate surface area is 202 Å². The van der Waals surface area contributed by atoms with Gasteiger partial charge in [0.1, 0.15) is 5.82 Å². The Bertz CT molecular complexity index is 1230. The van der Waals surface area contributed by atoms with Crippen LogP contribution in [0.2, 0.25) is 5.28 Å². The monoisotopic (exact) mass is 508 g/mol. The number of ether oxygens (including phenoxy) is 1. The lowest BCUT2D eigenvalue weighted by Crippen LogP contribution is -2.48. The maximum Gasteiger partial charge on any atom is 0.270 e. The van der Waals surface area contributed by atoms with Crippen molar-refractivity contribution in [1.82, 2.24) is 19.3 Å². The van der Waals surface area contributed by atoms with Gasteiger partial charge < -0.3 is 14.5 Å². The smallest absolute Gasteiger partial charge is 0.270 e. The molecular formula is C21H25ClN6O3S2. The van der Waals surface area contributed by atoms with Crippen LogP contribution < -0.4 is 9.80 Å². The first-order valence-electron chi connectivity index (χ1n) is 10.9. The van der Waals surface area contributed by atoms with Gasteiger partial charge in [0.15, 0.2) is 0 Å². The molecule has 2 aliphatic rings. The first-order chi connectivity index (χ1) is 15.9. The van der Waals surface area contributed by atoms with Gasteiger partial charge in [0.2, 0.25) is 9.62 Å². The Kier molecular flexibility index (Phi) is 6.41. The molecule has 0 spiro atoms. The lowest BCUT2D eigenvalue weighted by atomic mass is 10.1. The van der Waals surface area contributed by atoms with Crippen LogP contribution in [0.25, 0.3) is 10.9 Å². The fourth-order valence-corrected chi connectivity index (χ4v) is 6.98. The van der Waals surface area contributed by atoms with Crippen molar-refractivity contribution in [2.45, 2.75) is 23.2 Å². The number of rotatable bonds is 5. The topological polar surface area (TPSA) is 91.8 Å². The summed E-state index contributed by atoms with van der Waals surface area (Å²) in [5, 5.41) is 2.76. The van der Waals surface area contributed by atoms with Crippen molar-refractivity contribution in [3.05, 3.63) is 35.1 Å². The fourth-order valence-electron chi connectivity index (χ4n) is 4.43. The van der Waals surface area contributed by atoms with Gasteiger partial charge in [0.05, 0.1) is 18.7 Å². The summed E-state index contributed by atoms with van der Waals surface area (Å²) in [6, 6.07) is 5.96. The van der Waals surface area contributed by atoms with E-state index in [9.17, 15) is 8.42 Å². The molecule has 1 aromatic carbocycles. The molecule has 2 saturated heterocycles. The van der Waals surface area contributed by atoms with Crippen molar-refractivity contribution in [2.24, 2.45) is 0 Å². The number of aromatic nitrogens is 3. The molecule has 0 bridgehead atoms. The standard InChI is InChI=1S/C21H25ClN6O3S2/c1-26(33(29,30)21-23-6-12-32-21)16-3-2-7-28(14-16)19-17-5-4-15(27-8-10-31-11-9-27)13-18(17)24-20(22)25-19/h4-6,12-13,16H,2-3,7-11,14H2,1H3. The zero-order chi connectivity index (χ0) is 23.0. The van der Waals surface area contributed by atoms with E-state index >= 15 is 0 Å². The van der Waals surface area contributed by atoms with Crippen LogP contribution in [0.5, 0.6) is 0 Å². The summed E-state index contributed by atoms with van der Waals surface area (Å²) < 4.78 is 33.0. The summed E-state index contributed by atoms with van der Waals surface area (Å²) >= 11 is 7.46. The van der Waals surface area contributed by atoms with Crippen LogP contribution in [0.1, 0.15) is 12.8 Å². The van der Waals surface area contributed by atoms with Crippen LogP contribution in [0.15, 0.2) is 34.1 Å². The highest BCUT2D eigenvalue weighted by molar-refractivity contribution is 7.91. The fraction of sp³-hybridized carbons (Fsp3) is 0.476. The second-order valence-corrected chi connectivity index (χ2v) is 11.6. The largest absolute Gasteiger partial charge is 0.378 e. The number of piperidine rings is 1. The maximum atomic E-state index is 13.0. The van der Waals surface area contributed by atoms with Crippen LogP contribution in [0, 0.1) is 0 Å². The van der Waals surface area contributed by atoms with E-state index in [-0.39, 0.29) is 15.7 Å². The zero-order valence-corrected chi connectivity index (χ0v) is 20.6. The molecule has 1 atom stereocenters. The predicted octanol–water partition coefficient (Wildman–Crippen LogP) is 2.87. The summed E-state index contributed by atoms with van der Waals surface area (Å²) in [6.45, 7) is 4.39. The summed E-state index contributed by atoms with van der Waals surface area (Å²) in [5.41, 5.74) is 1.86. The van der Waals surface area contributed by atoms with E-state index in [1.165, 1.54) is 10.5 Å². The molecule has 5 rings (SSSR count). The molecule has 33 heavy (non-hydrogen) atoms. The Hall–Kier alpha value is -2.05. The van der Waals surface area contributed by atoms with Gasteiger partial charge in [-0.15, -0.1) is 11.3 Å². The van der Waals surface area contributed by atoms with E-state index in [1.807, 2.05) is 12.1 Å². The van der Waals surface area contributed by atoms with E-state index in [4.69, 9.17) is 16.3 Å². The minimum absolute atomic E-state index is 0.119. The quantitative estimate of drug-likeness (QED) is 0.486. The van der Waals surface area contributed by atoms with Gasteiger partial charge in [0, 0.05) is 61.9 Å². The highest BCUT2D eigenvalue weighted by atomic mass is 35.5. The molecule has 4 heterocycles. The summed E-state index contributed by atoms with van der Waals surface area (Å²) in [5.74, 6) is 0.739. The molecule has 2 aromatic heterocycles. The molecular weight excluding hydrogens is 484 g/mol. The highest BCUT2D eigenvalue weighted by Gasteiger charge is 2.33. The second-order valence-electron chi connectivity index (χ2n) is 8.18. The van der Waals surface area contributed by atoms with Gasteiger partial charge >= 0.3 is 0 Å². The van der Waals surface area contributed by atoms with Gasteiger partial charge in [-0.2, -0.15) is 9.29 Å². The Morgan fingerprint density at radius 1 is 1.18 bits per heavy atom. The molecule has 0 radical (unpaired) electrons. The molecule has 0 N–H and O–H groups in total. The van der Waals surface area contributed by atoms with Crippen molar-refractivity contribution in [3.63, 3.8) is 0 Å². The predicted molar refractivity (Wildman–Crippen MR) is 130 cm³/mol. The molecule has 1 unspecified atom stereocenters. The number of nitrogens with zero attached hydrogens (tertiary/aromatic N) is 6. The molecule has 3 aromatic rings. The van der Waals surface area contributed by atoms with Crippen LogP contribution in [-0.2, 0) is 14.8 Å². The lowest BCUT2D eigenvalue weighted by Gasteiger charge is -2.37. The van der Waals surface area contributed by atoms with Crippen molar-refractivity contribution >= 4 is 55.4 Å². The molecule has 12 heteroatoms. The third-order valence-corrected chi connectivity index (χ3v) is 9.49. The average Bonchev–Trinajstić information content (AvgIpc) is 3.39. The average molecular weight is 509 g/mol. The van der Waals surface area contributed by atoms with Crippen molar-refractivity contribution < 1.29 is 13.2 Å². The van der Waals surface area contributed by atoms with Gasteiger partial charge in [-0.05, 0) is 42.6 Å². The number of fused-ring (bicyclic) bond motifs is 1. The van der Waals surface area contributed by atoms with Crippen molar-refractivity contribution in [1.29, 1.82) is 0 Å². The number of sulfonamides is 1. The van der Waals surface area contributed by atoms with Gasteiger partial charge in [-0.25, -0.2) is 18.4 Å². The van der Waals surface area contributed by atoms with Crippen molar-refractivity contribution in [2.75, 3.05) is 56.2 Å². The third-order valence-electron chi connectivity index (χ3n) is 6.23. The number of hydrogen-bond acceptors (Lipinski definition) is 9. The molecule has 0 amide bonds. The molecule has 0 aliphatic carbocycles. The van der Waals surface area contributed by atoms with Gasteiger partial charge in [-0.1, -0.05) is 0 Å². The van der Waals surface area contributed by atoms with Crippen LogP contribution in [-0.4, -0.2) is 80.2 Å². The summed E-state index contributed by atoms with van der Waals surface area (Å²) in [6.07, 6.45) is 3.13. The second kappa shape index (κ2) is 9.30. The number of likely N-dealkylation sites (N-methyl/N-ethyl adjacent to an activating group) is 1. The van der Waals surface area contributed by atoms with Crippen LogP contribution >= 0.6 is 22.9 Å². The van der Waals surface area contributed by atoms with E-state index in [0.717, 1.165) is 66.2 Å². The summed E-state index contributed by atoms with van der Waals surface area (Å²) in [4.78, 5) is 17.4. The molecule has 9 nitrogen and oxygen atoms in total. The Morgan fingerprint density at radius 3 is 2.76 bits per heavy atom. The molecule has 176 valence electrons. The third kappa shape index (κ3) is 4.52. The zero-order valence-electron chi connectivity index (χ0n) is 18.2. The number of anilines is 2. The lowest BCUT2D eigenvalue weighted by molar-refractivity contribution is 0.122. The normalized spacial score (nSPS) is 20.0. The van der Waals surface area contributed by atoms with Crippen LogP contribution in [0.4, 0.5) is 11.5 Å².